The Kier molecular flexibility index (Phi) is 12.5. The van der Waals surface area contributed by atoms with E-state index in [0.717, 1.165) is 62.5 Å². The second kappa shape index (κ2) is 17.6. The van der Waals surface area contributed by atoms with E-state index in [4.69, 9.17) is 18.9 Å². The third-order valence-electron chi connectivity index (χ3n) is 10.8. The van der Waals surface area contributed by atoms with Crippen LogP contribution in [0.4, 0.5) is 0 Å². The number of benzene rings is 2. The molecule has 1 unspecified atom stereocenters. The minimum Gasteiger partial charge on any atom is -0.497 e. The van der Waals surface area contributed by atoms with Crippen LogP contribution in [0.15, 0.2) is 85.2 Å². The van der Waals surface area contributed by atoms with Crippen LogP contribution in [0.2, 0.25) is 0 Å². The predicted octanol–water partition coefficient (Wildman–Crippen LogP) is 6.72. The molecule has 0 aliphatic carbocycles. The lowest BCUT2D eigenvalue weighted by Gasteiger charge is -2.36. The monoisotopic (exact) mass is 733 g/mol. The molecule has 4 heterocycles. The molecule has 0 bridgehead atoms. The van der Waals surface area contributed by atoms with Gasteiger partial charge in [-0.25, -0.2) is 4.98 Å². The van der Waals surface area contributed by atoms with Crippen molar-refractivity contribution in [3.8, 4) is 23.0 Å². The lowest BCUT2D eigenvalue weighted by atomic mass is 9.76. The van der Waals surface area contributed by atoms with Gasteiger partial charge in [0.1, 0.15) is 5.75 Å². The highest BCUT2D eigenvalue weighted by atomic mass is 16.5. The Bertz CT molecular complexity index is 1920. The Hall–Kier alpha value is -5.42. The molecule has 54 heavy (non-hydrogen) atoms. The van der Waals surface area contributed by atoms with Gasteiger partial charge in [-0.3, -0.25) is 14.6 Å². The summed E-state index contributed by atoms with van der Waals surface area (Å²) in [6, 6.07) is 17.5. The number of ketones is 1. The van der Waals surface area contributed by atoms with Crippen LogP contribution in [0.25, 0.3) is 6.08 Å². The summed E-state index contributed by atoms with van der Waals surface area (Å²) in [4.78, 5) is 41.6. The number of hydrogen-bond acceptors (Lipinski definition) is 9. The lowest BCUT2D eigenvalue weighted by molar-refractivity contribution is 0.0777. The molecule has 1 amide bonds. The van der Waals surface area contributed by atoms with E-state index in [0.29, 0.717) is 48.3 Å². The standard InChI is InChI=1S/C43H51N5O6/c1-6-7-8-12-35-28-45-41(48(35)29-34-11-9-10-21-44-34)39(49)31-17-22-46(23-18-31)24-19-43(33-13-15-36(51-2)16-14-33)20-25-47(30-43)42(50)32-26-37(52-3)40(54-5)38(27-32)53-4/h6-16,21,26-28,31H,17-20,22-25,29-30H2,1-5H3/b7-6-,12-8-. The molecule has 4 aromatic rings. The van der Waals surface area contributed by atoms with Crippen LogP contribution in [-0.2, 0) is 12.0 Å². The van der Waals surface area contributed by atoms with E-state index in [-0.39, 0.29) is 23.0 Å². The third-order valence-corrected chi connectivity index (χ3v) is 10.8. The number of ether oxygens (including phenoxy) is 4. The zero-order chi connectivity index (χ0) is 38.1. The van der Waals surface area contributed by atoms with Crippen molar-refractivity contribution in [3.05, 3.63) is 114 Å². The Morgan fingerprint density at radius 3 is 2.26 bits per heavy atom. The Balaban J connectivity index is 1.15. The first kappa shape index (κ1) is 38.3. The van der Waals surface area contributed by atoms with Crippen LogP contribution >= 0.6 is 0 Å². The predicted molar refractivity (Wildman–Crippen MR) is 209 cm³/mol. The molecule has 11 nitrogen and oxygen atoms in total. The molecule has 1 atom stereocenters. The average molecular weight is 734 g/mol. The van der Waals surface area contributed by atoms with Crippen LogP contribution in [0.5, 0.6) is 23.0 Å². The summed E-state index contributed by atoms with van der Waals surface area (Å²) in [5.41, 5.74) is 3.18. The zero-order valence-corrected chi connectivity index (χ0v) is 32.0. The van der Waals surface area contributed by atoms with Gasteiger partial charge in [-0.2, -0.15) is 0 Å². The molecule has 0 spiro atoms. The average Bonchev–Trinajstić information content (AvgIpc) is 3.84. The molecular formula is C43H51N5O6. The number of pyridine rings is 1. The second-order valence-electron chi connectivity index (χ2n) is 13.9. The van der Waals surface area contributed by atoms with Crippen molar-refractivity contribution in [2.24, 2.45) is 5.92 Å². The van der Waals surface area contributed by atoms with Crippen molar-refractivity contribution >= 4 is 17.8 Å². The molecule has 284 valence electrons. The van der Waals surface area contributed by atoms with E-state index in [1.54, 1.807) is 53.0 Å². The quantitative estimate of drug-likeness (QED) is 0.0973. The van der Waals surface area contributed by atoms with Gasteiger partial charge in [0.15, 0.2) is 17.3 Å². The summed E-state index contributed by atoms with van der Waals surface area (Å²) in [5, 5.41) is 0. The number of piperidine rings is 1. The molecular weight excluding hydrogens is 683 g/mol. The lowest BCUT2D eigenvalue weighted by Crippen LogP contribution is -2.41. The van der Waals surface area contributed by atoms with Gasteiger partial charge < -0.3 is 33.3 Å². The van der Waals surface area contributed by atoms with Gasteiger partial charge in [0.2, 0.25) is 11.5 Å². The topological polar surface area (TPSA) is 108 Å². The van der Waals surface area contributed by atoms with Gasteiger partial charge in [-0.15, -0.1) is 0 Å². The van der Waals surface area contributed by atoms with Crippen LogP contribution in [0.1, 0.15) is 70.5 Å². The maximum atomic E-state index is 14.0. The molecule has 0 saturated carbocycles. The smallest absolute Gasteiger partial charge is 0.254 e. The highest BCUT2D eigenvalue weighted by molar-refractivity contribution is 5.96. The summed E-state index contributed by atoms with van der Waals surface area (Å²) in [5.74, 6) is 2.53. The van der Waals surface area contributed by atoms with Crippen molar-refractivity contribution in [1.29, 1.82) is 0 Å². The number of likely N-dealkylation sites (tertiary alicyclic amines) is 2. The Morgan fingerprint density at radius 1 is 0.889 bits per heavy atom. The molecule has 0 radical (unpaired) electrons. The minimum absolute atomic E-state index is 0.0779. The fourth-order valence-corrected chi connectivity index (χ4v) is 7.74. The first-order chi connectivity index (χ1) is 26.3. The fraction of sp³-hybridized carbons (Fsp3) is 0.395. The molecule has 2 aromatic carbocycles. The number of carbonyl (C=O) groups is 2. The Labute approximate surface area is 318 Å². The molecule has 2 aliphatic rings. The number of hydrogen-bond donors (Lipinski definition) is 0. The molecule has 2 aromatic heterocycles. The van der Waals surface area contributed by atoms with Crippen LogP contribution in [-0.4, -0.2) is 97.2 Å². The molecule has 0 N–H and O–H groups in total. The van der Waals surface area contributed by atoms with E-state index in [1.165, 1.54) is 5.56 Å². The summed E-state index contributed by atoms with van der Waals surface area (Å²) >= 11 is 0. The van der Waals surface area contributed by atoms with E-state index in [2.05, 4.69) is 27.0 Å². The summed E-state index contributed by atoms with van der Waals surface area (Å²) in [7, 11) is 6.32. The van der Waals surface area contributed by atoms with Gasteiger partial charge in [-0.05, 0) is 100 Å². The highest BCUT2D eigenvalue weighted by Crippen LogP contribution is 2.42. The largest absolute Gasteiger partial charge is 0.497 e. The van der Waals surface area contributed by atoms with E-state index < -0.39 is 0 Å². The van der Waals surface area contributed by atoms with E-state index >= 15 is 0 Å². The number of aromatic nitrogens is 3. The number of allylic oxidation sites excluding steroid dienone is 3. The third kappa shape index (κ3) is 8.36. The molecule has 2 saturated heterocycles. The van der Waals surface area contributed by atoms with Gasteiger partial charge >= 0.3 is 0 Å². The summed E-state index contributed by atoms with van der Waals surface area (Å²) < 4.78 is 24.0. The van der Waals surface area contributed by atoms with Crippen LogP contribution in [0, 0.1) is 5.92 Å². The van der Waals surface area contributed by atoms with Crippen molar-refractivity contribution in [1.82, 2.24) is 24.3 Å². The first-order valence-corrected chi connectivity index (χ1v) is 18.6. The maximum absolute atomic E-state index is 14.0. The van der Waals surface area contributed by atoms with Gasteiger partial charge in [-0.1, -0.05) is 36.4 Å². The van der Waals surface area contributed by atoms with Gasteiger partial charge in [0, 0.05) is 36.2 Å². The van der Waals surface area contributed by atoms with Crippen LogP contribution < -0.4 is 18.9 Å². The summed E-state index contributed by atoms with van der Waals surface area (Å²) in [6.45, 7) is 6.13. The zero-order valence-electron chi connectivity index (χ0n) is 32.0. The fourth-order valence-electron chi connectivity index (χ4n) is 7.74. The van der Waals surface area contributed by atoms with Gasteiger partial charge in [0.25, 0.3) is 5.91 Å². The first-order valence-electron chi connectivity index (χ1n) is 18.6. The molecule has 2 fully saturated rings. The minimum atomic E-state index is -0.248. The van der Waals surface area contributed by atoms with E-state index in [1.807, 2.05) is 71.0 Å². The maximum Gasteiger partial charge on any atom is 0.254 e. The highest BCUT2D eigenvalue weighted by Gasteiger charge is 2.42. The van der Waals surface area contributed by atoms with E-state index in [9.17, 15) is 9.59 Å². The number of nitrogens with zero attached hydrogens (tertiary/aromatic N) is 5. The van der Waals surface area contributed by atoms with Gasteiger partial charge in [0.05, 0.1) is 52.6 Å². The second-order valence-corrected chi connectivity index (χ2v) is 13.9. The Morgan fingerprint density at radius 2 is 1.63 bits per heavy atom. The number of imidazole rings is 1. The SMILES string of the molecule is C/C=C\C=C/c1cnc(C(=O)C2CCN(CCC3(c4ccc(OC)cc4)CCN(C(=O)c4cc(OC)c(OC)c(OC)c4)C3)CC2)n1Cc1ccccn1. The van der Waals surface area contributed by atoms with Crippen LogP contribution in [0.3, 0.4) is 0 Å². The normalized spacial score (nSPS) is 18.1. The number of amides is 1. The van der Waals surface area contributed by atoms with Crippen molar-refractivity contribution in [3.63, 3.8) is 0 Å². The number of methoxy groups -OCH3 is 4. The molecule has 2 aliphatic heterocycles. The van der Waals surface area contributed by atoms with Crippen molar-refractivity contribution in [2.45, 2.75) is 44.6 Å². The summed E-state index contributed by atoms with van der Waals surface area (Å²) in [6.07, 6.45) is 14.7. The number of rotatable bonds is 15. The van der Waals surface area contributed by atoms with Crippen molar-refractivity contribution in [2.75, 3.05) is 61.2 Å². The molecule has 11 heteroatoms. The van der Waals surface area contributed by atoms with Crippen molar-refractivity contribution < 1.29 is 28.5 Å². The number of carbonyl (C=O) groups excluding carboxylic acids is 2. The number of Topliss-reactive ketones (excluding diaryl/α,β-unsaturated/α-hetero) is 1. The molecule has 6 rings (SSSR count).